The molecule has 0 fully saturated rings. The van der Waals surface area contributed by atoms with Gasteiger partial charge < -0.3 is 14.2 Å². The molecule has 0 bridgehead atoms. The van der Waals surface area contributed by atoms with Crippen molar-refractivity contribution in [2.75, 3.05) is 13.2 Å². The Bertz CT molecular complexity index is 1180. The third-order valence-corrected chi connectivity index (χ3v) is 16.0. The number of allylic oxidation sites excluding steroid dienone is 2. The SMILES string of the molecule is CCCCCCC/C=C\CCCCCCCC(=O)OC(COC(=O)CCCCCCCCCCCCCCCC)COC(=O)CCCCCCCCCCCCCCCCCCCCCCCCCCCCCCCC. The Kier molecular flexibility index (Phi) is 64.1. The first-order valence-electron chi connectivity index (χ1n) is 34.7. The van der Waals surface area contributed by atoms with Gasteiger partial charge in [0, 0.05) is 19.3 Å². The zero-order valence-corrected chi connectivity index (χ0v) is 51.8. The summed E-state index contributed by atoms with van der Waals surface area (Å²) in [5.41, 5.74) is 0. The highest BCUT2D eigenvalue weighted by atomic mass is 16.6. The Hall–Kier alpha value is -1.85. The average Bonchev–Trinajstić information content (AvgIpc) is 3.42. The number of rotatable bonds is 65. The Morgan fingerprint density at radius 1 is 0.250 bits per heavy atom. The Morgan fingerprint density at radius 2 is 0.434 bits per heavy atom. The van der Waals surface area contributed by atoms with Crippen LogP contribution >= 0.6 is 0 Å². The molecule has 6 nitrogen and oxygen atoms in total. The molecule has 76 heavy (non-hydrogen) atoms. The quantitative estimate of drug-likeness (QED) is 0.0261. The molecule has 0 saturated heterocycles. The monoisotopic (exact) mass is 1070 g/mol. The van der Waals surface area contributed by atoms with Crippen molar-refractivity contribution < 1.29 is 28.6 Å². The number of hydrogen-bond acceptors (Lipinski definition) is 6. The van der Waals surface area contributed by atoms with Crippen molar-refractivity contribution >= 4 is 17.9 Å². The van der Waals surface area contributed by atoms with Gasteiger partial charge in [-0.2, -0.15) is 0 Å². The van der Waals surface area contributed by atoms with Gasteiger partial charge in [-0.25, -0.2) is 0 Å². The molecular formula is C70H134O6. The van der Waals surface area contributed by atoms with E-state index >= 15 is 0 Å². The number of esters is 3. The molecule has 1 unspecified atom stereocenters. The molecule has 0 aromatic rings. The second kappa shape index (κ2) is 65.7. The predicted molar refractivity (Wildman–Crippen MR) is 330 cm³/mol. The van der Waals surface area contributed by atoms with Gasteiger partial charge in [0.1, 0.15) is 13.2 Å². The normalized spacial score (nSPS) is 12.0. The maximum absolute atomic E-state index is 12.9. The maximum atomic E-state index is 12.9. The molecule has 0 rings (SSSR count). The Morgan fingerprint density at radius 3 is 0.658 bits per heavy atom. The first-order chi connectivity index (χ1) is 37.5. The molecule has 0 aromatic carbocycles. The van der Waals surface area contributed by atoms with Crippen LogP contribution in [0.25, 0.3) is 0 Å². The smallest absolute Gasteiger partial charge is 0.306 e. The summed E-state index contributed by atoms with van der Waals surface area (Å²) in [5, 5.41) is 0. The Labute approximate surface area is 475 Å². The lowest BCUT2D eigenvalue weighted by atomic mass is 10.0. The lowest BCUT2D eigenvalue weighted by Crippen LogP contribution is -2.30. The minimum absolute atomic E-state index is 0.0669. The van der Waals surface area contributed by atoms with E-state index in [0.29, 0.717) is 19.3 Å². The van der Waals surface area contributed by atoms with Gasteiger partial charge in [-0.3, -0.25) is 14.4 Å². The van der Waals surface area contributed by atoms with Gasteiger partial charge in [0.15, 0.2) is 6.10 Å². The standard InChI is InChI=1S/C70H134O6/c1-4-7-10-13-16-19-22-25-28-29-30-31-32-33-34-35-36-37-38-39-40-41-42-43-46-48-51-54-57-60-63-69(72)75-66-67(76-70(73)64-61-58-55-52-49-45-27-24-21-18-15-12-9-6-3)65-74-68(71)62-59-56-53-50-47-44-26-23-20-17-14-11-8-5-2/h24,27,67H,4-23,25-26,28-66H2,1-3H3/b27-24-. The molecule has 6 heteroatoms. The second-order valence-corrected chi connectivity index (χ2v) is 23.8. The van der Waals surface area contributed by atoms with E-state index < -0.39 is 6.10 Å². The molecule has 0 aliphatic carbocycles. The van der Waals surface area contributed by atoms with Gasteiger partial charge in [-0.1, -0.05) is 348 Å². The summed E-state index contributed by atoms with van der Waals surface area (Å²) >= 11 is 0. The summed E-state index contributed by atoms with van der Waals surface area (Å²) in [6, 6.07) is 0. The highest BCUT2D eigenvalue weighted by Crippen LogP contribution is 2.19. The zero-order chi connectivity index (χ0) is 55.0. The van der Waals surface area contributed by atoms with Crippen molar-refractivity contribution in [1.82, 2.24) is 0 Å². The predicted octanol–water partition coefficient (Wildman–Crippen LogP) is 23.6. The molecule has 0 aliphatic heterocycles. The summed E-state index contributed by atoms with van der Waals surface area (Å²) < 4.78 is 16.9. The highest BCUT2D eigenvalue weighted by Gasteiger charge is 2.19. The molecule has 0 aromatic heterocycles. The van der Waals surface area contributed by atoms with Gasteiger partial charge in [-0.15, -0.1) is 0 Å². The van der Waals surface area contributed by atoms with E-state index in [0.717, 1.165) is 64.2 Å². The topological polar surface area (TPSA) is 78.9 Å². The van der Waals surface area contributed by atoms with Crippen LogP contribution in [0, 0.1) is 0 Å². The largest absolute Gasteiger partial charge is 0.462 e. The van der Waals surface area contributed by atoms with Crippen molar-refractivity contribution in [2.24, 2.45) is 0 Å². The fourth-order valence-corrected chi connectivity index (χ4v) is 10.8. The summed E-state index contributed by atoms with van der Waals surface area (Å²) in [7, 11) is 0. The van der Waals surface area contributed by atoms with E-state index in [1.54, 1.807) is 0 Å². The van der Waals surface area contributed by atoms with E-state index in [9.17, 15) is 14.4 Å². The van der Waals surface area contributed by atoms with Crippen LogP contribution < -0.4 is 0 Å². The van der Waals surface area contributed by atoms with Gasteiger partial charge in [0.05, 0.1) is 0 Å². The molecule has 0 saturated carbocycles. The van der Waals surface area contributed by atoms with Crippen LogP contribution in [0.5, 0.6) is 0 Å². The fraction of sp³-hybridized carbons (Fsp3) is 0.929. The Balaban J connectivity index is 4.10. The van der Waals surface area contributed by atoms with Gasteiger partial charge in [-0.05, 0) is 44.9 Å². The van der Waals surface area contributed by atoms with E-state index in [1.807, 2.05) is 0 Å². The number of hydrogen-bond donors (Lipinski definition) is 0. The van der Waals surface area contributed by atoms with Crippen LogP contribution in [0.4, 0.5) is 0 Å². The number of carbonyl (C=O) groups is 3. The van der Waals surface area contributed by atoms with Crippen LogP contribution in [-0.2, 0) is 28.6 Å². The minimum Gasteiger partial charge on any atom is -0.462 e. The molecular weight excluding hydrogens is 937 g/mol. The van der Waals surface area contributed by atoms with Gasteiger partial charge in [0.2, 0.25) is 0 Å². The average molecular weight is 1070 g/mol. The molecule has 450 valence electrons. The summed E-state index contributed by atoms with van der Waals surface area (Å²) in [5.74, 6) is -0.844. The maximum Gasteiger partial charge on any atom is 0.306 e. The number of unbranched alkanes of at least 4 members (excludes halogenated alkanes) is 52. The van der Waals surface area contributed by atoms with E-state index in [1.165, 1.54) is 295 Å². The highest BCUT2D eigenvalue weighted by molar-refractivity contribution is 5.71. The van der Waals surface area contributed by atoms with Gasteiger partial charge in [0.25, 0.3) is 0 Å². The van der Waals surface area contributed by atoms with Crippen molar-refractivity contribution in [3.63, 3.8) is 0 Å². The molecule has 0 aliphatic rings. The van der Waals surface area contributed by atoms with Crippen LogP contribution in [0.2, 0.25) is 0 Å². The molecule has 0 spiro atoms. The molecule has 0 heterocycles. The van der Waals surface area contributed by atoms with Crippen LogP contribution in [-0.4, -0.2) is 37.2 Å². The van der Waals surface area contributed by atoms with Crippen LogP contribution in [0.15, 0.2) is 12.2 Å². The zero-order valence-electron chi connectivity index (χ0n) is 51.8. The van der Waals surface area contributed by atoms with E-state index in [4.69, 9.17) is 14.2 Å². The second-order valence-electron chi connectivity index (χ2n) is 23.8. The molecule has 0 radical (unpaired) electrons. The summed E-state index contributed by atoms with van der Waals surface area (Å²) in [6.07, 6.45) is 78.2. The van der Waals surface area contributed by atoms with E-state index in [-0.39, 0.29) is 31.1 Å². The van der Waals surface area contributed by atoms with E-state index in [2.05, 4.69) is 32.9 Å². The number of carbonyl (C=O) groups excluding carboxylic acids is 3. The van der Waals surface area contributed by atoms with Crippen molar-refractivity contribution in [3.8, 4) is 0 Å². The van der Waals surface area contributed by atoms with Crippen molar-refractivity contribution in [1.29, 1.82) is 0 Å². The van der Waals surface area contributed by atoms with Crippen LogP contribution in [0.1, 0.15) is 400 Å². The first kappa shape index (κ1) is 74.2. The third kappa shape index (κ3) is 63.0. The van der Waals surface area contributed by atoms with Crippen molar-refractivity contribution in [3.05, 3.63) is 12.2 Å². The fourth-order valence-electron chi connectivity index (χ4n) is 10.8. The molecule has 0 amide bonds. The molecule has 1 atom stereocenters. The molecule has 0 N–H and O–H groups in total. The minimum atomic E-state index is -0.770. The van der Waals surface area contributed by atoms with Crippen molar-refractivity contribution in [2.45, 2.75) is 406 Å². The third-order valence-electron chi connectivity index (χ3n) is 16.0. The van der Waals surface area contributed by atoms with Crippen LogP contribution in [0.3, 0.4) is 0 Å². The first-order valence-corrected chi connectivity index (χ1v) is 34.7. The summed E-state index contributed by atoms with van der Waals surface area (Å²) in [6.45, 7) is 6.70. The lowest BCUT2D eigenvalue weighted by Gasteiger charge is -2.18. The van der Waals surface area contributed by atoms with Gasteiger partial charge >= 0.3 is 17.9 Å². The summed E-state index contributed by atoms with van der Waals surface area (Å²) in [4.78, 5) is 38.3. The number of ether oxygens (including phenoxy) is 3. The lowest BCUT2D eigenvalue weighted by molar-refractivity contribution is -0.167.